The van der Waals surface area contributed by atoms with Gasteiger partial charge in [-0.1, -0.05) is 30.7 Å². The molecule has 1 aromatic rings. The van der Waals surface area contributed by atoms with E-state index in [1.54, 1.807) is 0 Å². The Kier molecular flexibility index (Phi) is 7.19. The van der Waals surface area contributed by atoms with Gasteiger partial charge in [0.1, 0.15) is 6.04 Å². The summed E-state index contributed by atoms with van der Waals surface area (Å²) in [4.78, 5) is 23.2. The molecule has 0 radical (unpaired) electrons. The number of hydrogen-bond donors (Lipinski definition) is 3. The molecule has 5 nitrogen and oxygen atoms in total. The Hall–Kier alpha value is -1.59. The zero-order chi connectivity index (χ0) is 15.8. The van der Waals surface area contributed by atoms with E-state index in [0.29, 0.717) is 5.02 Å². The standard InChI is InChI=1S/C15H22ClN3O2/c1-4-10(2)18-15(21)19-14(20)9-17-11(3)12-5-7-13(16)8-6-12/h5-8,10-11,17H,4,9H2,1-3H3,(H2,18,19,20,21)/p+1/t10-,11-/m0/s1. The Morgan fingerprint density at radius 2 is 1.86 bits per heavy atom. The van der Waals surface area contributed by atoms with Crippen LogP contribution in [0.5, 0.6) is 0 Å². The van der Waals surface area contributed by atoms with Crippen molar-refractivity contribution in [2.24, 2.45) is 0 Å². The molecule has 0 aliphatic carbocycles. The second-order valence-corrected chi connectivity index (χ2v) is 5.55. The van der Waals surface area contributed by atoms with Gasteiger partial charge in [0, 0.05) is 16.6 Å². The van der Waals surface area contributed by atoms with Crippen molar-refractivity contribution in [3.8, 4) is 0 Å². The zero-order valence-electron chi connectivity index (χ0n) is 12.7. The Bertz CT molecular complexity index is 476. The van der Waals surface area contributed by atoms with Gasteiger partial charge in [0.2, 0.25) is 0 Å². The molecular formula is C15H23ClN3O2+. The Balaban J connectivity index is 2.35. The topological polar surface area (TPSA) is 74.8 Å². The molecule has 116 valence electrons. The predicted octanol–water partition coefficient (Wildman–Crippen LogP) is 1.59. The van der Waals surface area contributed by atoms with E-state index in [2.05, 4.69) is 10.6 Å². The number of imide groups is 1. The maximum Gasteiger partial charge on any atom is 0.321 e. The van der Waals surface area contributed by atoms with Crippen LogP contribution in [0.25, 0.3) is 0 Å². The number of halogens is 1. The van der Waals surface area contributed by atoms with Crippen molar-refractivity contribution in [2.75, 3.05) is 6.54 Å². The fourth-order valence-electron chi connectivity index (χ4n) is 1.73. The van der Waals surface area contributed by atoms with Crippen LogP contribution < -0.4 is 16.0 Å². The summed E-state index contributed by atoms with van der Waals surface area (Å²) in [6.45, 7) is 6.04. The highest BCUT2D eigenvalue weighted by Crippen LogP contribution is 2.13. The van der Waals surface area contributed by atoms with E-state index >= 15 is 0 Å². The molecule has 21 heavy (non-hydrogen) atoms. The van der Waals surface area contributed by atoms with Gasteiger partial charge in [-0.2, -0.15) is 0 Å². The number of carbonyl (C=O) groups is 2. The van der Waals surface area contributed by atoms with E-state index in [1.165, 1.54) is 0 Å². The molecule has 3 amide bonds. The lowest BCUT2D eigenvalue weighted by molar-refractivity contribution is -0.682. The predicted molar refractivity (Wildman–Crippen MR) is 83.1 cm³/mol. The average molecular weight is 313 g/mol. The van der Waals surface area contributed by atoms with E-state index in [9.17, 15) is 9.59 Å². The van der Waals surface area contributed by atoms with Gasteiger partial charge < -0.3 is 10.6 Å². The molecule has 1 rings (SSSR count). The lowest BCUT2D eigenvalue weighted by Crippen LogP contribution is -2.87. The van der Waals surface area contributed by atoms with Gasteiger partial charge >= 0.3 is 6.03 Å². The molecule has 2 atom stereocenters. The van der Waals surface area contributed by atoms with Crippen molar-refractivity contribution in [3.05, 3.63) is 34.9 Å². The van der Waals surface area contributed by atoms with Crippen molar-refractivity contribution in [2.45, 2.75) is 39.3 Å². The number of quaternary nitrogens is 1. The summed E-state index contributed by atoms with van der Waals surface area (Å²) >= 11 is 5.84. The number of amides is 3. The van der Waals surface area contributed by atoms with Crippen LogP contribution in [0.15, 0.2) is 24.3 Å². The minimum absolute atomic E-state index is 0.0507. The summed E-state index contributed by atoms with van der Waals surface area (Å²) in [7, 11) is 0. The van der Waals surface area contributed by atoms with Crippen LogP contribution in [0.2, 0.25) is 5.02 Å². The summed E-state index contributed by atoms with van der Waals surface area (Å²) in [6.07, 6.45) is 0.821. The minimum Gasteiger partial charge on any atom is -0.335 e. The molecule has 0 aromatic heterocycles. The molecule has 4 N–H and O–H groups in total. The quantitative estimate of drug-likeness (QED) is 0.746. The summed E-state index contributed by atoms with van der Waals surface area (Å²) < 4.78 is 0. The van der Waals surface area contributed by atoms with Gasteiger partial charge in [0.15, 0.2) is 6.54 Å². The van der Waals surface area contributed by atoms with Crippen molar-refractivity contribution < 1.29 is 14.9 Å². The molecule has 0 saturated carbocycles. The van der Waals surface area contributed by atoms with E-state index in [-0.39, 0.29) is 24.5 Å². The molecule has 0 bridgehead atoms. The highest BCUT2D eigenvalue weighted by atomic mass is 35.5. The molecule has 0 saturated heterocycles. The number of urea groups is 1. The average Bonchev–Trinajstić information content (AvgIpc) is 2.45. The fourth-order valence-corrected chi connectivity index (χ4v) is 1.85. The van der Waals surface area contributed by atoms with Crippen molar-refractivity contribution in [1.29, 1.82) is 0 Å². The Labute approximate surface area is 130 Å². The van der Waals surface area contributed by atoms with E-state index < -0.39 is 6.03 Å². The zero-order valence-corrected chi connectivity index (χ0v) is 13.4. The molecule has 0 heterocycles. The van der Waals surface area contributed by atoms with Crippen LogP contribution >= 0.6 is 11.6 Å². The third-order valence-electron chi connectivity index (χ3n) is 3.30. The van der Waals surface area contributed by atoms with Crippen LogP contribution in [0, 0.1) is 0 Å². The first-order valence-electron chi connectivity index (χ1n) is 7.11. The molecule has 0 fully saturated rings. The number of benzene rings is 1. The first-order chi connectivity index (χ1) is 9.92. The molecule has 0 aliphatic heterocycles. The first kappa shape index (κ1) is 17.5. The second-order valence-electron chi connectivity index (χ2n) is 5.11. The summed E-state index contributed by atoms with van der Waals surface area (Å²) in [5.74, 6) is -0.309. The maximum absolute atomic E-state index is 11.7. The fraction of sp³-hybridized carbons (Fsp3) is 0.467. The van der Waals surface area contributed by atoms with Gasteiger partial charge in [-0.3, -0.25) is 10.1 Å². The third-order valence-corrected chi connectivity index (χ3v) is 3.55. The van der Waals surface area contributed by atoms with Gasteiger partial charge in [-0.25, -0.2) is 4.79 Å². The lowest BCUT2D eigenvalue weighted by atomic mass is 10.1. The number of carbonyl (C=O) groups excluding carboxylic acids is 2. The molecule has 1 aromatic carbocycles. The molecular weight excluding hydrogens is 290 g/mol. The van der Waals surface area contributed by atoms with E-state index in [1.807, 2.05) is 50.4 Å². The number of nitrogens with two attached hydrogens (primary N) is 1. The first-order valence-corrected chi connectivity index (χ1v) is 7.49. The van der Waals surface area contributed by atoms with E-state index in [4.69, 9.17) is 11.6 Å². The Morgan fingerprint density at radius 3 is 2.43 bits per heavy atom. The van der Waals surface area contributed by atoms with Crippen molar-refractivity contribution in [3.63, 3.8) is 0 Å². The monoisotopic (exact) mass is 312 g/mol. The van der Waals surface area contributed by atoms with Gasteiger partial charge in [-0.15, -0.1) is 0 Å². The highest BCUT2D eigenvalue weighted by Gasteiger charge is 2.14. The minimum atomic E-state index is -0.443. The largest absolute Gasteiger partial charge is 0.335 e. The summed E-state index contributed by atoms with van der Waals surface area (Å²) in [6, 6.07) is 7.22. The molecule has 6 heteroatoms. The SMILES string of the molecule is CC[C@H](C)NC(=O)NC(=O)C[NH2+][C@@H](C)c1ccc(Cl)cc1. The van der Waals surface area contributed by atoms with Crippen LogP contribution in [-0.4, -0.2) is 24.5 Å². The van der Waals surface area contributed by atoms with Gasteiger partial charge in [-0.05, 0) is 32.4 Å². The number of rotatable bonds is 6. The van der Waals surface area contributed by atoms with Gasteiger partial charge in [0.25, 0.3) is 5.91 Å². The highest BCUT2D eigenvalue weighted by molar-refractivity contribution is 6.30. The van der Waals surface area contributed by atoms with Crippen molar-refractivity contribution in [1.82, 2.24) is 10.6 Å². The van der Waals surface area contributed by atoms with Crippen LogP contribution in [-0.2, 0) is 4.79 Å². The van der Waals surface area contributed by atoms with E-state index in [0.717, 1.165) is 12.0 Å². The summed E-state index contributed by atoms with van der Waals surface area (Å²) in [5, 5.41) is 7.56. The third kappa shape index (κ3) is 6.60. The van der Waals surface area contributed by atoms with Crippen LogP contribution in [0.1, 0.15) is 38.8 Å². The van der Waals surface area contributed by atoms with Crippen LogP contribution in [0.3, 0.4) is 0 Å². The smallest absolute Gasteiger partial charge is 0.321 e. The number of hydrogen-bond acceptors (Lipinski definition) is 2. The second kappa shape index (κ2) is 8.64. The molecule has 0 unspecified atom stereocenters. The molecule has 0 spiro atoms. The maximum atomic E-state index is 11.7. The normalized spacial score (nSPS) is 13.3. The van der Waals surface area contributed by atoms with Crippen molar-refractivity contribution >= 4 is 23.5 Å². The summed E-state index contributed by atoms with van der Waals surface area (Å²) in [5.41, 5.74) is 1.08. The lowest BCUT2D eigenvalue weighted by Gasteiger charge is -2.13. The van der Waals surface area contributed by atoms with Crippen LogP contribution in [0.4, 0.5) is 4.79 Å². The molecule has 0 aliphatic rings. The Morgan fingerprint density at radius 1 is 1.24 bits per heavy atom. The van der Waals surface area contributed by atoms with Gasteiger partial charge in [0.05, 0.1) is 0 Å². The number of nitrogens with one attached hydrogen (secondary N) is 2.